The van der Waals surface area contributed by atoms with Gasteiger partial charge in [0.15, 0.2) is 0 Å². The molecule has 7 heteroatoms. The number of nitrogens with one attached hydrogen (secondary N) is 1. The largest absolute Gasteiger partial charge is 1.00 e. The van der Waals surface area contributed by atoms with Crippen LogP contribution in [0, 0.1) is 0 Å². The summed E-state index contributed by atoms with van der Waals surface area (Å²) in [4.78, 5) is 10.1. The molecule has 0 saturated heterocycles. The zero-order valence-corrected chi connectivity index (χ0v) is 15.8. The maximum absolute atomic E-state index is 11.3. The first-order valence-corrected chi connectivity index (χ1v) is 7.88. The number of rotatable bonds is 11. The summed E-state index contributed by atoms with van der Waals surface area (Å²) >= 11 is 0. The average molecular weight is 315 g/mol. The Balaban J connectivity index is 0. The van der Waals surface area contributed by atoms with Crippen molar-refractivity contribution in [1.82, 2.24) is 4.72 Å². The van der Waals surface area contributed by atoms with E-state index < -0.39 is 16.0 Å². The van der Waals surface area contributed by atoms with Crippen molar-refractivity contribution in [2.45, 2.75) is 51.9 Å². The van der Waals surface area contributed by atoms with Gasteiger partial charge in [-0.1, -0.05) is 38.7 Å². The number of unbranched alkanes of at least 4 members (excludes halogenated alkanes) is 5. The number of aliphatic carboxylic acids is 1. The van der Waals surface area contributed by atoms with E-state index in [1.807, 2.05) is 0 Å². The van der Waals surface area contributed by atoms with E-state index in [-0.39, 0.29) is 64.4 Å². The van der Waals surface area contributed by atoms with Crippen LogP contribution in [0.4, 0.5) is 0 Å². The molecule has 0 saturated carbocycles. The van der Waals surface area contributed by atoms with E-state index in [9.17, 15) is 18.3 Å². The Labute approximate surface area is 158 Å². The molecule has 0 spiro atoms. The number of sulfonamides is 1. The maximum Gasteiger partial charge on any atom is 1.00 e. The van der Waals surface area contributed by atoms with Gasteiger partial charge in [0.1, 0.15) is 0 Å². The quantitative estimate of drug-likeness (QED) is 0.350. The second-order valence-electron chi connectivity index (χ2n) is 4.14. The Morgan fingerprint density at radius 3 is 2.42 bits per heavy atom. The Hall–Kier alpha value is 0.756. The summed E-state index contributed by atoms with van der Waals surface area (Å²) < 4.78 is 24.8. The smallest absolute Gasteiger partial charge is 0.550 e. The minimum absolute atomic E-state index is 0. The summed E-state index contributed by atoms with van der Waals surface area (Å²) in [6.07, 6.45) is 7.68. The van der Waals surface area contributed by atoms with E-state index in [0.717, 1.165) is 24.7 Å². The van der Waals surface area contributed by atoms with Crippen LogP contribution in [-0.2, 0) is 14.8 Å². The summed E-state index contributed by atoms with van der Waals surface area (Å²) in [5.41, 5.74) is 0. The third-order valence-electron chi connectivity index (χ3n) is 2.38. The van der Waals surface area contributed by atoms with Crippen molar-refractivity contribution in [2.75, 3.05) is 6.54 Å². The van der Waals surface area contributed by atoms with Crippen LogP contribution in [0.5, 0.6) is 0 Å². The molecule has 5 nitrogen and oxygen atoms in total. The van der Waals surface area contributed by atoms with Crippen LogP contribution < -0.4 is 61.2 Å². The van der Waals surface area contributed by atoms with Crippen LogP contribution in [0.15, 0.2) is 11.5 Å². The van der Waals surface area contributed by atoms with Crippen molar-refractivity contribution in [3.63, 3.8) is 0 Å². The Bertz CT molecular complexity index is 355. The maximum atomic E-state index is 11.3. The van der Waals surface area contributed by atoms with Gasteiger partial charge < -0.3 is 9.90 Å². The molecule has 1 N–H and O–H groups in total. The number of carbonyl (C=O) groups is 1. The normalized spacial score (nSPS) is 11.4. The van der Waals surface area contributed by atoms with E-state index in [4.69, 9.17) is 0 Å². The molecule has 0 aromatic heterocycles. The van der Waals surface area contributed by atoms with Gasteiger partial charge in [-0.3, -0.25) is 0 Å². The molecule has 106 valence electrons. The van der Waals surface area contributed by atoms with Gasteiger partial charge in [0.2, 0.25) is 10.0 Å². The SMILES string of the molecule is CCCCCCC/C=C/S(=O)(=O)NCCC(=O)[O-].[K+]. The number of carboxylic acids is 1. The molecule has 0 aromatic carbocycles. The fourth-order valence-corrected chi connectivity index (χ4v) is 2.28. The average Bonchev–Trinajstić information content (AvgIpc) is 2.27. The van der Waals surface area contributed by atoms with Crippen molar-refractivity contribution in [2.24, 2.45) is 0 Å². The van der Waals surface area contributed by atoms with Crippen LogP contribution in [-0.4, -0.2) is 20.9 Å². The molecule has 0 rings (SSSR count). The molecule has 0 aromatic rings. The number of allylic oxidation sites excluding steroid dienone is 1. The summed E-state index contributed by atoms with van der Waals surface area (Å²) in [5.74, 6) is -1.27. The molecule has 0 amide bonds. The van der Waals surface area contributed by atoms with E-state index >= 15 is 0 Å². The zero-order valence-electron chi connectivity index (χ0n) is 11.9. The van der Waals surface area contributed by atoms with Gasteiger partial charge in [-0.05, 0) is 12.8 Å². The molecule has 0 atom stereocenters. The minimum atomic E-state index is -3.50. The molecular weight excluding hydrogens is 293 g/mol. The molecule has 0 bridgehead atoms. The minimum Gasteiger partial charge on any atom is -0.550 e. The van der Waals surface area contributed by atoms with E-state index in [2.05, 4.69) is 11.6 Å². The van der Waals surface area contributed by atoms with Crippen molar-refractivity contribution in [3.05, 3.63) is 11.5 Å². The second-order valence-corrected chi connectivity index (χ2v) is 5.79. The molecule has 19 heavy (non-hydrogen) atoms. The van der Waals surface area contributed by atoms with Crippen molar-refractivity contribution >= 4 is 16.0 Å². The molecular formula is C12H22KNO4S. The standard InChI is InChI=1S/C12H23NO4S.K/c1-2-3-4-5-6-7-8-11-18(16,17)13-10-9-12(14)15;/h8,11,13H,2-7,9-10H2,1H3,(H,14,15);/q;+1/p-1/b11-8+;. The Kier molecular flexibility index (Phi) is 15.9. The first-order chi connectivity index (χ1) is 8.48. The molecule has 0 aliphatic carbocycles. The van der Waals surface area contributed by atoms with Gasteiger partial charge in [0.25, 0.3) is 0 Å². The van der Waals surface area contributed by atoms with Crippen LogP contribution in [0.2, 0.25) is 0 Å². The summed E-state index contributed by atoms with van der Waals surface area (Å²) in [5, 5.41) is 11.2. The van der Waals surface area contributed by atoms with Crippen LogP contribution in [0.3, 0.4) is 0 Å². The predicted octanol–water partition coefficient (Wildman–Crippen LogP) is -2.08. The molecule has 0 aliphatic heterocycles. The summed E-state index contributed by atoms with van der Waals surface area (Å²) in [7, 11) is -3.50. The van der Waals surface area contributed by atoms with Gasteiger partial charge in [0.05, 0.1) is 0 Å². The van der Waals surface area contributed by atoms with Crippen molar-refractivity contribution < 1.29 is 69.7 Å². The van der Waals surface area contributed by atoms with E-state index in [1.165, 1.54) is 19.3 Å². The Morgan fingerprint density at radius 1 is 1.21 bits per heavy atom. The zero-order chi connectivity index (χ0) is 13.9. The number of carbonyl (C=O) groups excluding carboxylic acids is 1. The summed E-state index contributed by atoms with van der Waals surface area (Å²) in [6.45, 7) is 2.01. The van der Waals surface area contributed by atoms with Gasteiger partial charge in [0, 0.05) is 24.3 Å². The first-order valence-electron chi connectivity index (χ1n) is 6.34. The van der Waals surface area contributed by atoms with Crippen LogP contribution in [0.1, 0.15) is 51.9 Å². The monoisotopic (exact) mass is 315 g/mol. The van der Waals surface area contributed by atoms with Gasteiger partial charge in [-0.2, -0.15) is 0 Å². The van der Waals surface area contributed by atoms with Gasteiger partial charge in [-0.15, -0.1) is 0 Å². The van der Waals surface area contributed by atoms with Crippen LogP contribution >= 0.6 is 0 Å². The third kappa shape index (κ3) is 16.7. The second kappa shape index (κ2) is 13.7. The molecule has 0 aliphatic rings. The summed E-state index contributed by atoms with van der Waals surface area (Å²) in [6, 6.07) is 0. The fraction of sp³-hybridized carbons (Fsp3) is 0.750. The topological polar surface area (TPSA) is 86.3 Å². The number of hydrogen-bond donors (Lipinski definition) is 1. The number of carboxylic acid groups (broad SMARTS) is 1. The molecule has 0 radical (unpaired) electrons. The van der Waals surface area contributed by atoms with E-state index in [1.54, 1.807) is 6.08 Å². The third-order valence-corrected chi connectivity index (χ3v) is 3.54. The molecule has 0 unspecified atom stereocenters. The van der Waals surface area contributed by atoms with Gasteiger partial charge in [-0.25, -0.2) is 13.1 Å². The van der Waals surface area contributed by atoms with E-state index in [0.29, 0.717) is 0 Å². The van der Waals surface area contributed by atoms with Crippen molar-refractivity contribution in [3.8, 4) is 0 Å². The molecule has 0 heterocycles. The van der Waals surface area contributed by atoms with Crippen molar-refractivity contribution in [1.29, 1.82) is 0 Å². The Morgan fingerprint density at radius 2 is 1.84 bits per heavy atom. The first kappa shape index (κ1) is 22.0. The molecule has 0 fully saturated rings. The van der Waals surface area contributed by atoms with Gasteiger partial charge >= 0.3 is 51.4 Å². The fourth-order valence-electron chi connectivity index (χ4n) is 1.40. The van der Waals surface area contributed by atoms with Crippen LogP contribution in [0.25, 0.3) is 0 Å². The predicted molar refractivity (Wildman–Crippen MR) is 69.1 cm³/mol. The number of hydrogen-bond acceptors (Lipinski definition) is 4.